The molecule has 3 aromatic rings. The Bertz CT molecular complexity index is 1320. The van der Waals surface area contributed by atoms with Crippen molar-refractivity contribution in [3.8, 4) is 17.2 Å². The van der Waals surface area contributed by atoms with Crippen LogP contribution < -0.4 is 15.4 Å². The van der Waals surface area contributed by atoms with Crippen molar-refractivity contribution in [2.24, 2.45) is 0 Å². The molecule has 1 saturated carbocycles. The minimum absolute atomic E-state index is 0.246. The zero-order chi connectivity index (χ0) is 24.8. The largest absolute Gasteiger partial charge is 0.490 e. The van der Waals surface area contributed by atoms with Gasteiger partial charge in [-0.3, -0.25) is 19.8 Å². The predicted octanol–water partition coefficient (Wildman–Crippen LogP) is 2.48. The Morgan fingerprint density at radius 1 is 1.03 bits per heavy atom. The van der Waals surface area contributed by atoms with Crippen LogP contribution in [-0.4, -0.2) is 56.5 Å². The van der Waals surface area contributed by atoms with Gasteiger partial charge in [0.05, 0.1) is 41.6 Å². The second-order valence-corrected chi connectivity index (χ2v) is 9.28. The summed E-state index contributed by atoms with van der Waals surface area (Å²) < 4.78 is 11.9. The van der Waals surface area contributed by atoms with E-state index in [2.05, 4.69) is 15.6 Å². The van der Waals surface area contributed by atoms with E-state index >= 15 is 0 Å². The van der Waals surface area contributed by atoms with Crippen molar-refractivity contribution in [2.75, 3.05) is 5.32 Å². The lowest BCUT2D eigenvalue weighted by atomic mass is 10.0. The topological polar surface area (TPSA) is 137 Å². The summed E-state index contributed by atoms with van der Waals surface area (Å²) in [4.78, 5) is 31.9. The maximum absolute atomic E-state index is 13.3. The summed E-state index contributed by atoms with van der Waals surface area (Å²) in [5.41, 5.74) is 1.79. The van der Waals surface area contributed by atoms with Gasteiger partial charge in [-0.1, -0.05) is 18.2 Å². The minimum atomic E-state index is -1.20. The lowest BCUT2D eigenvalue weighted by molar-refractivity contribution is -0.0413. The number of anilines is 1. The Morgan fingerprint density at radius 3 is 2.64 bits per heavy atom. The van der Waals surface area contributed by atoms with Crippen molar-refractivity contribution in [1.82, 2.24) is 15.2 Å². The number of carbonyl (C=O) groups is 2. The first-order chi connectivity index (χ1) is 17.5. The number of para-hydroxylation sites is 1. The zero-order valence-electron chi connectivity index (χ0n) is 19.4. The zero-order valence-corrected chi connectivity index (χ0v) is 19.4. The standard InChI is InChI=1S/C26H26N4O6/c31-21-11-10-19(23(32)29-21)30-25(33)17-5-3-6-18(22(17)26(30)34)27-12-15-13-28-24(36-15)16-4-1-2-7-20(16)35-14-8-9-14/h1-7,13-14,19,21,23,27,29,31-32H,8-12H2. The SMILES string of the molecule is O=C1c2cccc(NCc3cnc(-c4ccccc4OC4CC4)o3)c2C(=O)N1C1CCC(O)NC1O. The van der Waals surface area contributed by atoms with Gasteiger partial charge in [0.15, 0.2) is 0 Å². The van der Waals surface area contributed by atoms with Gasteiger partial charge in [-0.05, 0) is 49.9 Å². The number of fused-ring (bicyclic) bond motifs is 1. The van der Waals surface area contributed by atoms with Crippen LogP contribution in [0.4, 0.5) is 5.69 Å². The van der Waals surface area contributed by atoms with E-state index in [-0.39, 0.29) is 23.8 Å². The van der Waals surface area contributed by atoms with Gasteiger partial charge in [0, 0.05) is 5.69 Å². The molecule has 0 bridgehead atoms. The van der Waals surface area contributed by atoms with E-state index in [0.29, 0.717) is 30.2 Å². The number of aromatic nitrogens is 1. The molecule has 3 heterocycles. The van der Waals surface area contributed by atoms with E-state index in [1.807, 2.05) is 24.3 Å². The molecule has 2 amide bonds. The number of aliphatic hydroxyl groups excluding tert-OH is 2. The third-order valence-corrected chi connectivity index (χ3v) is 6.68. The second-order valence-electron chi connectivity index (χ2n) is 9.28. The number of hydrogen-bond donors (Lipinski definition) is 4. The third-order valence-electron chi connectivity index (χ3n) is 6.68. The number of aliphatic hydroxyl groups is 2. The summed E-state index contributed by atoms with van der Waals surface area (Å²) in [6.07, 6.45) is 2.51. The molecule has 1 aliphatic carbocycles. The number of ether oxygens (including phenoxy) is 1. The number of nitrogens with one attached hydrogen (secondary N) is 2. The molecule has 6 rings (SSSR count). The van der Waals surface area contributed by atoms with Crippen LogP contribution in [0, 0.1) is 0 Å². The monoisotopic (exact) mass is 490 g/mol. The lowest BCUT2D eigenvalue weighted by Gasteiger charge is -2.36. The van der Waals surface area contributed by atoms with Crippen LogP contribution in [0.5, 0.6) is 5.75 Å². The molecule has 3 unspecified atom stereocenters. The summed E-state index contributed by atoms with van der Waals surface area (Å²) >= 11 is 0. The Morgan fingerprint density at radius 2 is 1.83 bits per heavy atom. The lowest BCUT2D eigenvalue weighted by Crippen LogP contribution is -2.58. The number of piperidine rings is 1. The fourth-order valence-corrected chi connectivity index (χ4v) is 4.71. The van der Waals surface area contributed by atoms with Crippen LogP contribution in [-0.2, 0) is 6.54 Å². The highest BCUT2D eigenvalue weighted by Gasteiger charge is 2.45. The van der Waals surface area contributed by atoms with E-state index in [1.165, 1.54) is 0 Å². The number of hydrogen-bond acceptors (Lipinski definition) is 9. The van der Waals surface area contributed by atoms with E-state index in [0.717, 1.165) is 29.1 Å². The average Bonchev–Trinajstić information content (AvgIpc) is 3.50. The summed E-state index contributed by atoms with van der Waals surface area (Å²) in [5, 5.41) is 25.8. The normalized spacial score (nSPS) is 23.6. The highest BCUT2D eigenvalue weighted by molar-refractivity contribution is 6.24. The fourth-order valence-electron chi connectivity index (χ4n) is 4.71. The first-order valence-corrected chi connectivity index (χ1v) is 12.1. The van der Waals surface area contributed by atoms with Gasteiger partial charge in [0.2, 0.25) is 5.89 Å². The fraction of sp³-hybridized carbons (Fsp3) is 0.346. The molecule has 10 nitrogen and oxygen atoms in total. The van der Waals surface area contributed by atoms with Gasteiger partial charge >= 0.3 is 0 Å². The molecular formula is C26H26N4O6. The number of oxazole rings is 1. The maximum Gasteiger partial charge on any atom is 0.264 e. The van der Waals surface area contributed by atoms with E-state index in [9.17, 15) is 19.8 Å². The Balaban J connectivity index is 1.19. The summed E-state index contributed by atoms with van der Waals surface area (Å²) in [5.74, 6) is 0.788. The Hall–Kier alpha value is -3.73. The maximum atomic E-state index is 13.3. The van der Waals surface area contributed by atoms with E-state index in [4.69, 9.17) is 9.15 Å². The van der Waals surface area contributed by atoms with Crippen LogP contribution in [0.15, 0.2) is 53.1 Å². The molecule has 2 fully saturated rings. The highest BCUT2D eigenvalue weighted by Crippen LogP contribution is 2.36. The van der Waals surface area contributed by atoms with Gasteiger partial charge in [-0.15, -0.1) is 0 Å². The van der Waals surface area contributed by atoms with Crippen molar-refractivity contribution in [3.63, 3.8) is 0 Å². The van der Waals surface area contributed by atoms with Crippen LogP contribution >= 0.6 is 0 Å². The molecule has 2 aliphatic heterocycles. The van der Waals surface area contributed by atoms with Gasteiger partial charge in [0.25, 0.3) is 11.8 Å². The van der Waals surface area contributed by atoms with E-state index in [1.54, 1.807) is 24.4 Å². The summed E-state index contributed by atoms with van der Waals surface area (Å²) in [7, 11) is 0. The highest BCUT2D eigenvalue weighted by atomic mass is 16.5. The van der Waals surface area contributed by atoms with Crippen LogP contribution in [0.3, 0.4) is 0 Å². The molecule has 3 atom stereocenters. The minimum Gasteiger partial charge on any atom is -0.490 e. The van der Waals surface area contributed by atoms with Crippen molar-refractivity contribution in [3.05, 3.63) is 65.5 Å². The molecule has 36 heavy (non-hydrogen) atoms. The predicted molar refractivity (Wildman–Crippen MR) is 128 cm³/mol. The van der Waals surface area contributed by atoms with Crippen molar-refractivity contribution in [1.29, 1.82) is 0 Å². The molecule has 2 aromatic carbocycles. The van der Waals surface area contributed by atoms with Crippen molar-refractivity contribution < 1.29 is 29.0 Å². The molecule has 3 aliphatic rings. The summed E-state index contributed by atoms with van der Waals surface area (Å²) in [6, 6.07) is 11.9. The molecule has 0 radical (unpaired) electrons. The molecule has 0 spiro atoms. The molecule has 186 valence electrons. The molecule has 10 heteroatoms. The van der Waals surface area contributed by atoms with Crippen molar-refractivity contribution in [2.45, 2.75) is 56.8 Å². The number of benzene rings is 2. The third kappa shape index (κ3) is 4.13. The number of carbonyl (C=O) groups excluding carboxylic acids is 2. The van der Waals surface area contributed by atoms with Gasteiger partial charge < -0.3 is 24.7 Å². The van der Waals surface area contributed by atoms with Crippen LogP contribution in [0.2, 0.25) is 0 Å². The number of rotatable bonds is 7. The number of nitrogens with zero attached hydrogens (tertiary/aromatic N) is 2. The van der Waals surface area contributed by atoms with Gasteiger partial charge in [-0.2, -0.15) is 0 Å². The second kappa shape index (κ2) is 9.05. The Labute approximate surface area is 206 Å². The summed E-state index contributed by atoms with van der Waals surface area (Å²) in [6.45, 7) is 0.246. The van der Waals surface area contributed by atoms with E-state index < -0.39 is 30.3 Å². The first-order valence-electron chi connectivity index (χ1n) is 12.1. The Kier molecular flexibility index (Phi) is 5.71. The van der Waals surface area contributed by atoms with Crippen molar-refractivity contribution >= 4 is 17.5 Å². The quantitative estimate of drug-likeness (QED) is 0.368. The smallest absolute Gasteiger partial charge is 0.264 e. The molecule has 1 aromatic heterocycles. The molecular weight excluding hydrogens is 464 g/mol. The number of amides is 2. The number of imide groups is 1. The molecule has 1 saturated heterocycles. The van der Waals surface area contributed by atoms with Crippen LogP contribution in [0.1, 0.15) is 52.2 Å². The average molecular weight is 491 g/mol. The van der Waals surface area contributed by atoms with Gasteiger partial charge in [0.1, 0.15) is 24.0 Å². The van der Waals surface area contributed by atoms with Crippen LogP contribution in [0.25, 0.3) is 11.5 Å². The van der Waals surface area contributed by atoms with Gasteiger partial charge in [-0.25, -0.2) is 4.98 Å². The first kappa shape index (κ1) is 22.7. The molecule has 4 N–H and O–H groups in total.